The summed E-state index contributed by atoms with van der Waals surface area (Å²) < 4.78 is 11.8. The molecule has 0 radical (unpaired) electrons. The smallest absolute Gasteiger partial charge is 0.356 e. The van der Waals surface area contributed by atoms with E-state index in [2.05, 4.69) is 6.58 Å². The number of carbonyl (C=O) groups is 3. The summed E-state index contributed by atoms with van der Waals surface area (Å²) in [5, 5.41) is 13.4. The van der Waals surface area contributed by atoms with Crippen LogP contribution in [0.3, 0.4) is 0 Å². The molecular formula is C38H36NO6P. The van der Waals surface area contributed by atoms with E-state index in [1.165, 1.54) is 11.0 Å². The van der Waals surface area contributed by atoms with Gasteiger partial charge in [0.2, 0.25) is 5.91 Å². The van der Waals surface area contributed by atoms with E-state index in [4.69, 9.17) is 9.47 Å². The highest BCUT2D eigenvalue weighted by molar-refractivity contribution is 7.96. The van der Waals surface area contributed by atoms with Gasteiger partial charge in [-0.05, 0) is 34.5 Å². The van der Waals surface area contributed by atoms with E-state index in [1.807, 2.05) is 115 Å². The fourth-order valence-electron chi connectivity index (χ4n) is 6.64. The van der Waals surface area contributed by atoms with Crippen molar-refractivity contribution in [1.29, 1.82) is 0 Å². The standard InChI is InChI=1S/C38H36NO6P/c1-3-23-44-38(43)37(46(28-16-7-4-8-17-28,29-18-9-5-10-19-29)30-20-11-6-12-21-30)39-31(35(26(2)40)36(39)42)25-32(41)34-24-27-15-13-14-22-33(27)45-34/h3-22,26,31,34-35,40H,1,23-25H2,2H3/t26-,31-,34+,35-/m1/s1. The van der Waals surface area contributed by atoms with Crippen LogP contribution in [0, 0.1) is 5.92 Å². The Hall–Kier alpha value is -4.71. The molecule has 8 heteroatoms. The molecular weight excluding hydrogens is 597 g/mol. The summed E-state index contributed by atoms with van der Waals surface area (Å²) in [5.41, 5.74) is 1.10. The van der Waals surface area contributed by atoms with Gasteiger partial charge in [-0.1, -0.05) is 122 Å². The third kappa shape index (κ3) is 5.51. The zero-order valence-electron chi connectivity index (χ0n) is 25.6. The van der Waals surface area contributed by atoms with Crippen molar-refractivity contribution < 1.29 is 29.0 Å². The van der Waals surface area contributed by atoms with Gasteiger partial charge in [0.15, 0.2) is 11.9 Å². The number of likely N-dealkylation sites (tertiary alicyclic amines) is 1. The maximum atomic E-state index is 14.5. The van der Waals surface area contributed by atoms with E-state index in [0.717, 1.165) is 21.5 Å². The number of hydrogen-bond acceptors (Lipinski definition) is 6. The van der Waals surface area contributed by atoms with Crippen molar-refractivity contribution in [2.45, 2.75) is 38.0 Å². The van der Waals surface area contributed by atoms with Crippen molar-refractivity contribution >= 4 is 45.9 Å². The van der Waals surface area contributed by atoms with Crippen LogP contribution in [0.4, 0.5) is 0 Å². The molecule has 0 bridgehead atoms. The molecule has 2 heterocycles. The van der Waals surface area contributed by atoms with Gasteiger partial charge >= 0.3 is 5.97 Å². The summed E-state index contributed by atoms with van der Waals surface area (Å²) >= 11 is 0. The second-order valence-electron chi connectivity index (χ2n) is 11.5. The first-order valence-electron chi connectivity index (χ1n) is 15.4. The molecule has 234 valence electrons. The number of benzene rings is 4. The second-order valence-corrected chi connectivity index (χ2v) is 14.8. The fourth-order valence-corrected chi connectivity index (χ4v) is 11.0. The molecule has 1 amide bonds. The minimum absolute atomic E-state index is 0.0691. The van der Waals surface area contributed by atoms with Gasteiger partial charge < -0.3 is 19.5 Å². The molecule has 2 aliphatic heterocycles. The van der Waals surface area contributed by atoms with Gasteiger partial charge in [-0.3, -0.25) is 9.59 Å². The Morgan fingerprint density at radius 3 is 1.93 bits per heavy atom. The van der Waals surface area contributed by atoms with Crippen molar-refractivity contribution in [1.82, 2.24) is 4.90 Å². The lowest BCUT2D eigenvalue weighted by Gasteiger charge is -2.50. The number of amides is 1. The molecule has 4 atom stereocenters. The molecule has 2 aliphatic rings. The van der Waals surface area contributed by atoms with Crippen LogP contribution in [0.15, 0.2) is 128 Å². The Bertz CT molecular complexity index is 1680. The number of Topliss-reactive ketones (excluding diaryl/α,β-unsaturated/α-hetero) is 1. The van der Waals surface area contributed by atoms with E-state index in [0.29, 0.717) is 12.2 Å². The highest BCUT2D eigenvalue weighted by atomic mass is 31.2. The minimum atomic E-state index is -3.14. The van der Waals surface area contributed by atoms with Crippen molar-refractivity contribution in [3.05, 3.63) is 133 Å². The topological polar surface area (TPSA) is 93.1 Å². The third-order valence-corrected chi connectivity index (χ3v) is 12.9. The molecule has 1 fully saturated rings. The number of para-hydroxylation sites is 1. The first-order chi connectivity index (χ1) is 22.4. The molecule has 0 aromatic heterocycles. The molecule has 1 N–H and O–H groups in total. The highest BCUT2D eigenvalue weighted by Crippen LogP contribution is 2.50. The number of rotatable bonds is 11. The van der Waals surface area contributed by atoms with E-state index >= 15 is 0 Å². The molecule has 0 spiro atoms. The van der Waals surface area contributed by atoms with Crippen LogP contribution in [-0.2, 0) is 25.5 Å². The number of β-lactam (4-membered cyclic amide) rings is 1. The lowest BCUT2D eigenvalue weighted by atomic mass is 9.79. The van der Waals surface area contributed by atoms with Gasteiger partial charge in [0.05, 0.1) is 18.1 Å². The van der Waals surface area contributed by atoms with E-state index in [9.17, 15) is 19.5 Å². The Kier molecular flexibility index (Phi) is 9.07. The number of aliphatic hydroxyl groups is 1. The second kappa shape index (κ2) is 13.3. The number of hydrogen-bond donors (Lipinski definition) is 1. The van der Waals surface area contributed by atoms with E-state index in [-0.39, 0.29) is 24.2 Å². The first kappa shape index (κ1) is 31.3. The van der Waals surface area contributed by atoms with Crippen molar-refractivity contribution in [3.63, 3.8) is 0 Å². The summed E-state index contributed by atoms with van der Waals surface area (Å²) in [4.78, 5) is 44.1. The van der Waals surface area contributed by atoms with Gasteiger partial charge in [0.25, 0.3) is 0 Å². The Morgan fingerprint density at radius 2 is 1.43 bits per heavy atom. The number of carbonyl (C=O) groups excluding carboxylic acids is 3. The van der Waals surface area contributed by atoms with Gasteiger partial charge in [0, 0.05) is 19.7 Å². The monoisotopic (exact) mass is 633 g/mol. The number of esters is 1. The molecule has 4 aromatic carbocycles. The van der Waals surface area contributed by atoms with Crippen LogP contribution in [-0.4, -0.2) is 57.9 Å². The van der Waals surface area contributed by atoms with Crippen molar-refractivity contribution in [2.75, 3.05) is 6.61 Å². The van der Waals surface area contributed by atoms with Gasteiger partial charge in [-0.25, -0.2) is 4.79 Å². The molecule has 4 aromatic rings. The molecule has 7 nitrogen and oxygen atoms in total. The van der Waals surface area contributed by atoms with Crippen LogP contribution in [0.5, 0.6) is 5.75 Å². The summed E-state index contributed by atoms with van der Waals surface area (Å²) in [6.45, 7) is 2.06. The molecule has 6 rings (SSSR count). The number of ether oxygens (including phenoxy) is 2. The zero-order chi connectivity index (χ0) is 32.3. The van der Waals surface area contributed by atoms with E-state index in [1.54, 1.807) is 6.92 Å². The largest absolute Gasteiger partial charge is 0.482 e. The summed E-state index contributed by atoms with van der Waals surface area (Å²) in [6.07, 6.45) is 0.0261. The molecule has 1 saturated heterocycles. The average Bonchev–Trinajstić information content (AvgIpc) is 3.53. The van der Waals surface area contributed by atoms with E-state index < -0.39 is 42.9 Å². The number of fused-ring (bicyclic) bond motifs is 1. The average molecular weight is 634 g/mol. The van der Waals surface area contributed by atoms with Gasteiger partial charge in [-0.15, -0.1) is 0 Å². The maximum Gasteiger partial charge on any atom is 0.356 e. The number of aliphatic hydroxyl groups excluding tert-OH is 1. The normalized spacial score (nSPS) is 19.3. The lowest BCUT2D eigenvalue weighted by molar-refractivity contribution is -0.159. The third-order valence-electron chi connectivity index (χ3n) is 8.70. The lowest BCUT2D eigenvalue weighted by Crippen LogP contribution is -2.69. The first-order valence-corrected chi connectivity index (χ1v) is 17.2. The van der Waals surface area contributed by atoms with Crippen molar-refractivity contribution in [3.8, 4) is 5.75 Å². The van der Waals surface area contributed by atoms with Crippen LogP contribution < -0.4 is 20.7 Å². The van der Waals surface area contributed by atoms with Crippen LogP contribution >= 0.6 is 6.89 Å². The predicted octanol–water partition coefficient (Wildman–Crippen LogP) is 4.01. The fraction of sp³-hybridized carbons (Fsp3) is 0.211. The van der Waals surface area contributed by atoms with Crippen LogP contribution in [0.25, 0.3) is 0 Å². The highest BCUT2D eigenvalue weighted by Gasteiger charge is 2.56. The maximum absolute atomic E-state index is 14.5. The number of nitrogens with zero attached hydrogens (tertiary/aromatic N) is 1. The summed E-state index contributed by atoms with van der Waals surface area (Å²) in [5.74, 6) is -1.53. The Balaban J connectivity index is 1.59. The summed E-state index contributed by atoms with van der Waals surface area (Å²) in [6, 6.07) is 35.7. The van der Waals surface area contributed by atoms with Crippen molar-refractivity contribution in [2.24, 2.45) is 5.92 Å². The summed E-state index contributed by atoms with van der Waals surface area (Å²) in [7, 11) is 0. The Morgan fingerprint density at radius 1 is 0.913 bits per heavy atom. The molecule has 0 aliphatic carbocycles. The van der Waals surface area contributed by atoms with Crippen LogP contribution in [0.2, 0.25) is 0 Å². The zero-order valence-corrected chi connectivity index (χ0v) is 26.5. The van der Waals surface area contributed by atoms with Gasteiger partial charge in [-0.2, -0.15) is 0 Å². The quantitative estimate of drug-likeness (QED) is 0.116. The molecule has 46 heavy (non-hydrogen) atoms. The van der Waals surface area contributed by atoms with Gasteiger partial charge in [0.1, 0.15) is 17.8 Å². The molecule has 0 saturated carbocycles. The van der Waals surface area contributed by atoms with Crippen LogP contribution in [0.1, 0.15) is 18.9 Å². The SMILES string of the molecule is C=CCOC(=O)C(N1C(=O)[C@H]([C@@H](C)O)[C@H]1CC(=O)[C@@H]1Cc2ccccc2O1)=P(c1ccccc1)(c1ccccc1)c1ccccc1. The minimum Gasteiger partial charge on any atom is -0.482 e. The number of ketones is 1. The molecule has 0 unspecified atom stereocenters. The Labute approximate surface area is 269 Å². The predicted molar refractivity (Wildman–Crippen MR) is 181 cm³/mol.